The van der Waals surface area contributed by atoms with Crippen LogP contribution in [0.2, 0.25) is 0 Å². The molecule has 0 saturated heterocycles. The molecule has 1 amide bonds. The third kappa shape index (κ3) is 6.06. The van der Waals surface area contributed by atoms with E-state index in [1.54, 1.807) is 6.92 Å². The number of carbonyl (C=O) groups is 1. The number of nitrogens with one attached hydrogen (secondary N) is 2. The van der Waals surface area contributed by atoms with Crippen LogP contribution < -0.4 is 15.4 Å². The predicted molar refractivity (Wildman–Crippen MR) is 81.8 cm³/mol. The van der Waals surface area contributed by atoms with Gasteiger partial charge in [0.25, 0.3) is 5.91 Å². The van der Waals surface area contributed by atoms with Gasteiger partial charge in [0.15, 0.2) is 6.10 Å². The molecule has 0 bridgehead atoms. The zero-order chi connectivity index (χ0) is 15.0. The van der Waals surface area contributed by atoms with E-state index >= 15 is 0 Å². The predicted octanol–water partition coefficient (Wildman–Crippen LogP) is 2.34. The number of carbonyl (C=O) groups excluding carboxylic acids is 1. The third-order valence-corrected chi connectivity index (χ3v) is 2.84. The van der Waals surface area contributed by atoms with E-state index in [2.05, 4.69) is 31.4 Å². The highest BCUT2D eigenvalue weighted by molar-refractivity contribution is 5.80. The van der Waals surface area contributed by atoms with E-state index < -0.39 is 6.10 Å². The minimum Gasteiger partial charge on any atom is -0.481 e. The van der Waals surface area contributed by atoms with E-state index in [-0.39, 0.29) is 5.91 Å². The van der Waals surface area contributed by atoms with Gasteiger partial charge in [-0.2, -0.15) is 0 Å². The van der Waals surface area contributed by atoms with Gasteiger partial charge in [-0.05, 0) is 37.1 Å². The van der Waals surface area contributed by atoms with Crippen molar-refractivity contribution < 1.29 is 9.53 Å². The average Bonchev–Trinajstić information content (AvgIpc) is 2.42. The van der Waals surface area contributed by atoms with Crippen molar-refractivity contribution in [1.82, 2.24) is 10.6 Å². The summed E-state index contributed by atoms with van der Waals surface area (Å²) < 4.78 is 5.69. The molecule has 20 heavy (non-hydrogen) atoms. The monoisotopic (exact) mass is 278 g/mol. The summed E-state index contributed by atoms with van der Waals surface area (Å²) in [7, 11) is 0. The molecular formula is C16H26N2O2. The van der Waals surface area contributed by atoms with Gasteiger partial charge in [-0.3, -0.25) is 4.79 Å². The summed E-state index contributed by atoms with van der Waals surface area (Å²) in [6.45, 7) is 10.4. The highest BCUT2D eigenvalue weighted by atomic mass is 16.5. The molecule has 1 atom stereocenters. The van der Waals surface area contributed by atoms with Crippen LogP contribution in [0, 0.1) is 5.92 Å². The second-order valence-electron chi connectivity index (χ2n) is 5.33. The molecule has 112 valence electrons. The molecule has 1 aromatic rings. The van der Waals surface area contributed by atoms with Gasteiger partial charge in [-0.15, -0.1) is 0 Å². The Bertz CT molecular complexity index is 419. The third-order valence-electron chi connectivity index (χ3n) is 2.84. The van der Waals surface area contributed by atoms with Crippen molar-refractivity contribution in [3.63, 3.8) is 0 Å². The maximum atomic E-state index is 11.9. The molecule has 0 aliphatic heterocycles. The van der Waals surface area contributed by atoms with E-state index in [1.165, 1.54) is 0 Å². The first-order chi connectivity index (χ1) is 9.52. The Balaban J connectivity index is 2.52. The number of benzene rings is 1. The van der Waals surface area contributed by atoms with Gasteiger partial charge in [0.2, 0.25) is 0 Å². The molecule has 1 unspecified atom stereocenters. The first-order valence-corrected chi connectivity index (χ1v) is 7.27. The Morgan fingerprint density at radius 3 is 2.70 bits per heavy atom. The summed E-state index contributed by atoms with van der Waals surface area (Å²) in [4.78, 5) is 11.9. The van der Waals surface area contributed by atoms with Crippen molar-refractivity contribution in [1.29, 1.82) is 0 Å². The number of hydrogen-bond acceptors (Lipinski definition) is 3. The molecule has 0 aromatic heterocycles. The van der Waals surface area contributed by atoms with Gasteiger partial charge in [-0.25, -0.2) is 0 Å². The second-order valence-corrected chi connectivity index (χ2v) is 5.33. The molecule has 0 aliphatic rings. The molecule has 4 heteroatoms. The second kappa shape index (κ2) is 8.59. The van der Waals surface area contributed by atoms with Gasteiger partial charge >= 0.3 is 0 Å². The van der Waals surface area contributed by atoms with E-state index in [4.69, 9.17) is 4.74 Å². The van der Waals surface area contributed by atoms with Crippen LogP contribution in [0.1, 0.15) is 33.3 Å². The van der Waals surface area contributed by atoms with Gasteiger partial charge in [0, 0.05) is 13.1 Å². The molecule has 0 aliphatic carbocycles. The minimum absolute atomic E-state index is 0.0733. The molecule has 1 rings (SSSR count). The Morgan fingerprint density at radius 1 is 1.30 bits per heavy atom. The van der Waals surface area contributed by atoms with E-state index in [0.29, 0.717) is 12.5 Å². The Hall–Kier alpha value is -1.55. The fourth-order valence-electron chi connectivity index (χ4n) is 1.70. The highest BCUT2D eigenvalue weighted by Gasteiger charge is 2.14. The fourth-order valence-corrected chi connectivity index (χ4v) is 1.70. The van der Waals surface area contributed by atoms with Crippen molar-refractivity contribution in [2.24, 2.45) is 5.92 Å². The topological polar surface area (TPSA) is 50.4 Å². The molecular weight excluding hydrogens is 252 g/mol. The summed E-state index contributed by atoms with van der Waals surface area (Å²) in [5.41, 5.74) is 1.15. The maximum Gasteiger partial charge on any atom is 0.260 e. The summed E-state index contributed by atoms with van der Waals surface area (Å²) in [5.74, 6) is 1.10. The lowest BCUT2D eigenvalue weighted by atomic mass is 10.2. The lowest BCUT2D eigenvalue weighted by molar-refractivity contribution is -0.127. The molecule has 2 N–H and O–H groups in total. The fraction of sp³-hybridized carbons (Fsp3) is 0.562. The van der Waals surface area contributed by atoms with Crippen molar-refractivity contribution in [3.05, 3.63) is 29.8 Å². The lowest BCUT2D eigenvalue weighted by Crippen LogP contribution is -2.38. The number of rotatable bonds is 8. The van der Waals surface area contributed by atoms with Gasteiger partial charge < -0.3 is 15.4 Å². The molecule has 0 radical (unpaired) electrons. The van der Waals surface area contributed by atoms with Crippen LogP contribution in [0.15, 0.2) is 24.3 Å². The molecule has 4 nitrogen and oxygen atoms in total. The van der Waals surface area contributed by atoms with Crippen molar-refractivity contribution in [2.45, 2.75) is 40.3 Å². The minimum atomic E-state index is -0.483. The highest BCUT2D eigenvalue weighted by Crippen LogP contribution is 2.15. The smallest absolute Gasteiger partial charge is 0.260 e. The Kier molecular flexibility index (Phi) is 7.09. The zero-order valence-corrected chi connectivity index (χ0v) is 12.9. The summed E-state index contributed by atoms with van der Waals surface area (Å²) in [5, 5.41) is 6.14. The molecule has 1 aromatic carbocycles. The van der Waals surface area contributed by atoms with Crippen LogP contribution in [-0.4, -0.2) is 25.1 Å². The van der Waals surface area contributed by atoms with Crippen LogP contribution >= 0.6 is 0 Å². The lowest BCUT2D eigenvalue weighted by Gasteiger charge is -2.16. The number of amides is 1. The molecule has 0 fully saturated rings. The largest absolute Gasteiger partial charge is 0.481 e. The van der Waals surface area contributed by atoms with Gasteiger partial charge in [0.05, 0.1) is 0 Å². The summed E-state index contributed by atoms with van der Waals surface area (Å²) in [6, 6.07) is 7.83. The van der Waals surface area contributed by atoms with Crippen molar-refractivity contribution in [3.8, 4) is 5.75 Å². The van der Waals surface area contributed by atoms with Gasteiger partial charge in [0.1, 0.15) is 5.75 Å². The first-order valence-electron chi connectivity index (χ1n) is 7.27. The van der Waals surface area contributed by atoms with Crippen LogP contribution in [-0.2, 0) is 11.3 Å². The number of ether oxygens (including phenoxy) is 1. The van der Waals surface area contributed by atoms with Crippen molar-refractivity contribution in [2.75, 3.05) is 13.1 Å². The Labute approximate surface area is 121 Å². The average molecular weight is 278 g/mol. The summed E-state index contributed by atoms with van der Waals surface area (Å²) >= 11 is 0. The van der Waals surface area contributed by atoms with Crippen molar-refractivity contribution >= 4 is 5.91 Å². The standard InChI is InChI=1S/C16H26N2O2/c1-5-17-11-14-7-6-8-15(9-14)20-13(4)16(19)18-10-12(2)3/h6-9,12-13,17H,5,10-11H2,1-4H3,(H,18,19). The van der Waals surface area contributed by atoms with Gasteiger partial charge in [-0.1, -0.05) is 32.9 Å². The molecule has 0 heterocycles. The Morgan fingerprint density at radius 2 is 2.05 bits per heavy atom. The zero-order valence-electron chi connectivity index (χ0n) is 12.9. The van der Waals surface area contributed by atoms with E-state index in [0.717, 1.165) is 24.4 Å². The normalized spacial score (nSPS) is 12.2. The molecule has 0 saturated carbocycles. The number of hydrogen-bond donors (Lipinski definition) is 2. The maximum absolute atomic E-state index is 11.9. The van der Waals surface area contributed by atoms with Crippen LogP contribution in [0.25, 0.3) is 0 Å². The van der Waals surface area contributed by atoms with E-state index in [9.17, 15) is 4.79 Å². The molecule has 0 spiro atoms. The quantitative estimate of drug-likeness (QED) is 0.767. The van der Waals surface area contributed by atoms with Crippen LogP contribution in [0.3, 0.4) is 0 Å². The first kappa shape index (κ1) is 16.5. The van der Waals surface area contributed by atoms with E-state index in [1.807, 2.05) is 24.3 Å². The summed E-state index contributed by atoms with van der Waals surface area (Å²) in [6.07, 6.45) is -0.483. The van der Waals surface area contributed by atoms with Crippen LogP contribution in [0.4, 0.5) is 0 Å². The van der Waals surface area contributed by atoms with Crippen LogP contribution in [0.5, 0.6) is 5.75 Å². The SMILES string of the molecule is CCNCc1cccc(OC(C)C(=O)NCC(C)C)c1.